The van der Waals surface area contributed by atoms with E-state index in [9.17, 15) is 29.3 Å². The van der Waals surface area contributed by atoms with Gasteiger partial charge in [-0.3, -0.25) is 9.13 Å². The van der Waals surface area contributed by atoms with Gasteiger partial charge in [0.15, 0.2) is 0 Å². The fraction of sp³-hybridized carbons (Fsp3) is 0.750. The van der Waals surface area contributed by atoms with Crippen LogP contribution in [0, 0.1) is 10.4 Å². The van der Waals surface area contributed by atoms with Crippen LogP contribution in [0.3, 0.4) is 0 Å². The van der Waals surface area contributed by atoms with E-state index >= 15 is 0 Å². The molecule has 2 N–H and O–H groups in total. The van der Waals surface area contributed by atoms with E-state index in [0.29, 0.717) is 0 Å². The average Bonchev–Trinajstić information content (AvgIpc) is 2.42. The summed E-state index contributed by atoms with van der Waals surface area (Å²) in [5, 5.41) is 25.7. The van der Waals surface area contributed by atoms with Gasteiger partial charge >= 0.3 is 74.3 Å². The summed E-state index contributed by atoms with van der Waals surface area (Å²) in [5.74, 6) is 0. The predicted octanol–water partition coefficient (Wildman–Crippen LogP) is -3.99. The van der Waals surface area contributed by atoms with Crippen molar-refractivity contribution in [1.82, 2.24) is 0 Å². The van der Waals surface area contributed by atoms with E-state index in [2.05, 4.69) is 19.4 Å². The zero-order chi connectivity index (χ0) is 15.8. The van der Waals surface area contributed by atoms with E-state index in [4.69, 9.17) is 0 Å². The molecule has 118 valence electrons. The van der Waals surface area contributed by atoms with Gasteiger partial charge in [0, 0.05) is 14.2 Å². The Morgan fingerprint density at radius 3 is 1.36 bits per heavy atom. The van der Waals surface area contributed by atoms with Gasteiger partial charge in [0.2, 0.25) is 0 Å². The summed E-state index contributed by atoms with van der Waals surface area (Å²) in [5.41, 5.74) is -1.08. The minimum absolute atomic E-state index is 0. The Balaban J connectivity index is -0.00000180. The van der Waals surface area contributed by atoms with Crippen LogP contribution >= 0.6 is 15.2 Å². The first-order valence-corrected chi connectivity index (χ1v) is 8.57. The minimum atomic E-state index is -4.18. The molecule has 0 aliphatic carbocycles. The van der Waals surface area contributed by atoms with Crippen molar-refractivity contribution in [2.45, 2.75) is 25.7 Å². The molecule has 0 aromatic rings. The molecule has 22 heavy (non-hydrogen) atoms. The van der Waals surface area contributed by atoms with Crippen LogP contribution in [0.5, 0.6) is 0 Å². The van der Waals surface area contributed by atoms with Crippen LogP contribution in [0.2, 0.25) is 0 Å². The topological polar surface area (TPSA) is 164 Å². The van der Waals surface area contributed by atoms with Gasteiger partial charge in [0.1, 0.15) is 10.9 Å². The first kappa shape index (κ1) is 28.1. The second-order valence-corrected chi connectivity index (χ2v) is 7.47. The smallest absolute Gasteiger partial charge is 0.792 e. The molecule has 0 rings (SSSR count). The summed E-state index contributed by atoms with van der Waals surface area (Å²) in [4.78, 5) is 18.5. The van der Waals surface area contributed by atoms with Crippen LogP contribution in [0.15, 0.2) is 10.3 Å². The molecular weight excluding hydrogens is 360 g/mol. The maximum absolute atomic E-state index is 11.3. The third-order valence-corrected chi connectivity index (χ3v) is 5.31. The van der Waals surface area contributed by atoms with E-state index in [1.165, 1.54) is 0 Å². The van der Waals surface area contributed by atoms with Crippen LogP contribution in [0.1, 0.15) is 25.7 Å². The van der Waals surface area contributed by atoms with Crippen LogP contribution in [-0.4, -0.2) is 34.9 Å². The number of hydrogen-bond acceptors (Lipinski definition) is 8. The summed E-state index contributed by atoms with van der Waals surface area (Å²) in [7, 11) is -6.42. The molecule has 0 fully saturated rings. The second-order valence-electron chi connectivity index (χ2n) is 3.63. The largest absolute Gasteiger partial charge is 1.00 e. The van der Waals surface area contributed by atoms with E-state index in [1.807, 2.05) is 0 Å². The Kier molecular flexibility index (Phi) is 17.2. The average molecular weight is 376 g/mol. The summed E-state index contributed by atoms with van der Waals surface area (Å²) >= 11 is 0. The van der Waals surface area contributed by atoms with Crippen molar-refractivity contribution >= 4 is 26.1 Å². The van der Waals surface area contributed by atoms with Gasteiger partial charge in [-0.15, -0.1) is 0 Å². The Hall–Kier alpha value is 1.24. The van der Waals surface area contributed by atoms with Crippen molar-refractivity contribution in [2.24, 2.45) is 10.3 Å². The zero-order valence-electron chi connectivity index (χ0n) is 13.0. The SMILES string of the molecule is COP(=O)(O)/C(CCCC/C(=N/[O-])P(=O)(O)OC)=N\[O-].[Na+].[Na+]. The third-order valence-electron chi connectivity index (χ3n) is 2.41. The molecule has 0 amide bonds. The van der Waals surface area contributed by atoms with Crippen molar-refractivity contribution in [3.63, 3.8) is 0 Å². The monoisotopic (exact) mass is 376 g/mol. The van der Waals surface area contributed by atoms with Crippen molar-refractivity contribution in [3.8, 4) is 0 Å². The number of unbranched alkanes of at least 4 members (excludes halogenated alkanes) is 1. The van der Waals surface area contributed by atoms with Crippen molar-refractivity contribution in [2.75, 3.05) is 14.2 Å². The van der Waals surface area contributed by atoms with Crippen molar-refractivity contribution in [1.29, 1.82) is 0 Å². The Bertz CT molecular complexity index is 431. The van der Waals surface area contributed by atoms with Gasteiger partial charge in [-0.2, -0.15) is 0 Å². The molecule has 2 atom stereocenters. The zero-order valence-corrected chi connectivity index (χ0v) is 18.8. The number of rotatable bonds is 9. The predicted molar refractivity (Wildman–Crippen MR) is 73.7 cm³/mol. The number of hydrogen-bond donors (Lipinski definition) is 2. The normalized spacial score (nSPS) is 17.6. The molecule has 0 saturated carbocycles. The molecule has 0 radical (unpaired) electrons. The summed E-state index contributed by atoms with van der Waals surface area (Å²) in [6, 6.07) is 0. The van der Waals surface area contributed by atoms with E-state index < -0.39 is 26.1 Å². The number of nitrogens with zero attached hydrogens (tertiary/aromatic N) is 2. The Morgan fingerprint density at radius 1 is 0.909 bits per heavy atom. The van der Waals surface area contributed by atoms with E-state index in [1.54, 1.807) is 0 Å². The molecule has 14 heteroatoms. The first-order valence-electron chi connectivity index (χ1n) is 5.41. The van der Waals surface area contributed by atoms with Crippen LogP contribution < -0.4 is 59.1 Å². The van der Waals surface area contributed by atoms with Crippen LogP contribution in [0.4, 0.5) is 0 Å². The molecule has 0 heterocycles. The molecule has 0 spiro atoms. The van der Waals surface area contributed by atoms with Gasteiger partial charge in [0.05, 0.1) is 0 Å². The van der Waals surface area contributed by atoms with Crippen LogP contribution in [0.25, 0.3) is 0 Å². The van der Waals surface area contributed by atoms with E-state index in [-0.39, 0.29) is 84.8 Å². The standard InChI is InChI=1S/C8H18N2O8P2.2Na/c1-17-19(13,14)7(9-11)5-3-4-6-8(10-12)20(15,16)18-2;;/h11-12H,3-6H2,1-2H3,(H,13,14)(H,15,16);;/q;2*+1/p-2/b9-7-,10-8-;;. The van der Waals surface area contributed by atoms with E-state index in [0.717, 1.165) is 14.2 Å². The maximum atomic E-state index is 11.3. The Morgan fingerprint density at radius 2 is 1.18 bits per heavy atom. The molecule has 0 bridgehead atoms. The fourth-order valence-corrected chi connectivity index (χ4v) is 2.76. The quantitative estimate of drug-likeness (QED) is 0.135. The maximum Gasteiger partial charge on any atom is 1.00 e. The van der Waals surface area contributed by atoms with Gasteiger partial charge in [-0.05, 0) is 25.7 Å². The first-order chi connectivity index (χ1) is 9.25. The summed E-state index contributed by atoms with van der Waals surface area (Å²) in [6.07, 6.45) is 0.0787. The van der Waals surface area contributed by atoms with Gasteiger partial charge < -0.3 is 39.6 Å². The molecule has 0 aliphatic heterocycles. The molecule has 0 aliphatic rings. The molecular formula is C8H16N2Na2O8P2. The minimum Gasteiger partial charge on any atom is -0.792 e. The molecule has 0 saturated heterocycles. The Labute approximate surface area is 172 Å². The summed E-state index contributed by atoms with van der Waals surface area (Å²) < 4.78 is 31.2. The van der Waals surface area contributed by atoms with Gasteiger partial charge in [-0.25, -0.2) is 0 Å². The molecule has 10 nitrogen and oxygen atoms in total. The van der Waals surface area contributed by atoms with Gasteiger partial charge in [-0.1, -0.05) is 0 Å². The fourth-order valence-electron chi connectivity index (χ4n) is 1.25. The van der Waals surface area contributed by atoms with Crippen molar-refractivity contribution in [3.05, 3.63) is 10.4 Å². The van der Waals surface area contributed by atoms with Gasteiger partial charge in [0.25, 0.3) is 0 Å². The molecule has 2 unspecified atom stereocenters. The van der Waals surface area contributed by atoms with Crippen molar-refractivity contribution < 1.29 is 87.1 Å². The third kappa shape index (κ3) is 9.52. The molecule has 0 aromatic heterocycles. The summed E-state index contributed by atoms with van der Waals surface area (Å²) in [6.45, 7) is 0. The van der Waals surface area contributed by atoms with Crippen LogP contribution in [-0.2, 0) is 18.2 Å². The molecule has 0 aromatic carbocycles. The second kappa shape index (κ2) is 13.5.